The predicted molar refractivity (Wildman–Crippen MR) is 96.1 cm³/mol. The molecule has 2 aliphatic rings. The average molecular weight is 392 g/mol. The Kier molecular flexibility index (Phi) is 7.50. The number of likely N-dealkylation sites (N-methyl/N-ethyl adjacent to an activating group) is 1. The Hall–Kier alpha value is -1.35. The molecule has 0 spiro atoms. The van der Waals surface area contributed by atoms with E-state index in [0.717, 1.165) is 31.1 Å². The molecule has 0 saturated carbocycles. The van der Waals surface area contributed by atoms with E-state index in [-0.39, 0.29) is 43.8 Å². The molecule has 156 valence electrons. The largest absolute Gasteiger partial charge is 0.471 e. The summed E-state index contributed by atoms with van der Waals surface area (Å²) >= 11 is 0. The van der Waals surface area contributed by atoms with Crippen molar-refractivity contribution in [1.29, 1.82) is 0 Å². The van der Waals surface area contributed by atoms with Gasteiger partial charge in [-0.05, 0) is 25.8 Å². The van der Waals surface area contributed by atoms with E-state index < -0.39 is 12.1 Å². The summed E-state index contributed by atoms with van der Waals surface area (Å²) in [7, 11) is 2.10. The zero-order chi connectivity index (χ0) is 20.2. The molecule has 2 saturated heterocycles. The maximum absolute atomic E-state index is 12.5. The van der Waals surface area contributed by atoms with Crippen LogP contribution in [0, 0.1) is 11.8 Å². The minimum Gasteiger partial charge on any atom is -0.354 e. The zero-order valence-electron chi connectivity index (χ0n) is 16.4. The third kappa shape index (κ3) is 6.07. The second-order valence-corrected chi connectivity index (χ2v) is 7.96. The molecule has 2 amide bonds. The molecule has 6 nitrogen and oxygen atoms in total. The van der Waals surface area contributed by atoms with Crippen LogP contribution in [0.25, 0.3) is 0 Å². The summed E-state index contributed by atoms with van der Waals surface area (Å²) in [5.41, 5.74) is 0. The lowest BCUT2D eigenvalue weighted by molar-refractivity contribution is -0.186. The third-order valence-electron chi connectivity index (χ3n) is 5.66. The standard InChI is InChI=1S/C18H31F3N4O2/c1-13(2)15(24-10-8-23(3)9-11-24)12-22-16(26)14-4-6-25(7-5-14)17(27)18(19,20)21/h13-15H,4-12H2,1-3H3,(H,22,26). The van der Waals surface area contributed by atoms with Gasteiger partial charge in [-0.15, -0.1) is 0 Å². The fourth-order valence-corrected chi connectivity index (χ4v) is 3.81. The van der Waals surface area contributed by atoms with Crippen molar-refractivity contribution in [3.8, 4) is 0 Å². The molecule has 0 aliphatic carbocycles. The van der Waals surface area contributed by atoms with Gasteiger partial charge >= 0.3 is 12.1 Å². The van der Waals surface area contributed by atoms with Crippen LogP contribution >= 0.6 is 0 Å². The molecule has 0 radical (unpaired) electrons. The number of piperidine rings is 1. The van der Waals surface area contributed by atoms with Gasteiger partial charge in [0.15, 0.2) is 0 Å². The number of likely N-dealkylation sites (tertiary alicyclic amines) is 1. The number of halogens is 3. The molecule has 9 heteroatoms. The van der Waals surface area contributed by atoms with Crippen LogP contribution < -0.4 is 5.32 Å². The maximum atomic E-state index is 12.5. The first kappa shape index (κ1) is 21.9. The van der Waals surface area contributed by atoms with Crippen LogP contribution in [0.4, 0.5) is 13.2 Å². The Labute approximate surface area is 159 Å². The van der Waals surface area contributed by atoms with Gasteiger partial charge in [0, 0.05) is 57.8 Å². The van der Waals surface area contributed by atoms with Gasteiger partial charge in [0.05, 0.1) is 0 Å². The Morgan fingerprint density at radius 1 is 1.04 bits per heavy atom. The molecule has 1 unspecified atom stereocenters. The quantitative estimate of drug-likeness (QED) is 0.763. The molecule has 2 rings (SSSR count). The number of amides is 2. The van der Waals surface area contributed by atoms with Gasteiger partial charge < -0.3 is 15.1 Å². The van der Waals surface area contributed by atoms with E-state index in [4.69, 9.17) is 0 Å². The minimum absolute atomic E-state index is 0.0253. The predicted octanol–water partition coefficient (Wildman–Crippen LogP) is 1.18. The number of rotatable bonds is 5. The topological polar surface area (TPSA) is 55.9 Å². The minimum atomic E-state index is -4.85. The number of hydrogen-bond acceptors (Lipinski definition) is 4. The molecule has 1 atom stereocenters. The lowest BCUT2D eigenvalue weighted by Crippen LogP contribution is -2.55. The van der Waals surface area contributed by atoms with E-state index in [9.17, 15) is 22.8 Å². The van der Waals surface area contributed by atoms with E-state index >= 15 is 0 Å². The van der Waals surface area contributed by atoms with Crippen molar-refractivity contribution in [3.05, 3.63) is 0 Å². The van der Waals surface area contributed by atoms with Gasteiger partial charge in [0.2, 0.25) is 5.91 Å². The normalized spacial score (nSPS) is 22.1. The summed E-state index contributed by atoms with van der Waals surface area (Å²) in [6.07, 6.45) is -4.30. The van der Waals surface area contributed by atoms with Crippen LogP contribution in [0.2, 0.25) is 0 Å². The number of carbonyl (C=O) groups is 2. The van der Waals surface area contributed by atoms with E-state index in [1.807, 2.05) is 0 Å². The lowest BCUT2D eigenvalue weighted by Gasteiger charge is -2.40. The Balaban J connectivity index is 1.80. The van der Waals surface area contributed by atoms with Crippen molar-refractivity contribution in [2.24, 2.45) is 11.8 Å². The molecule has 2 fully saturated rings. The van der Waals surface area contributed by atoms with Gasteiger partial charge in [0.25, 0.3) is 0 Å². The van der Waals surface area contributed by atoms with Crippen LogP contribution in [0.5, 0.6) is 0 Å². The zero-order valence-corrected chi connectivity index (χ0v) is 16.4. The highest BCUT2D eigenvalue weighted by molar-refractivity contribution is 5.83. The highest BCUT2D eigenvalue weighted by Gasteiger charge is 2.43. The van der Waals surface area contributed by atoms with Crippen molar-refractivity contribution in [3.63, 3.8) is 0 Å². The SMILES string of the molecule is CC(C)C(CNC(=O)C1CCN(C(=O)C(F)(F)F)CC1)N1CCN(C)CC1. The third-order valence-corrected chi connectivity index (χ3v) is 5.66. The first-order chi connectivity index (χ1) is 12.6. The van der Waals surface area contributed by atoms with Crippen LogP contribution in [0.3, 0.4) is 0 Å². The molecule has 0 aromatic carbocycles. The highest BCUT2D eigenvalue weighted by Crippen LogP contribution is 2.24. The molecule has 2 heterocycles. The smallest absolute Gasteiger partial charge is 0.354 e. The van der Waals surface area contributed by atoms with Crippen molar-refractivity contribution < 1.29 is 22.8 Å². The Bertz CT molecular complexity index is 511. The molecular weight excluding hydrogens is 361 g/mol. The maximum Gasteiger partial charge on any atom is 0.471 e. The summed E-state index contributed by atoms with van der Waals surface area (Å²) in [6, 6.07) is 0.245. The summed E-state index contributed by atoms with van der Waals surface area (Å²) in [5, 5.41) is 3.00. The number of nitrogens with zero attached hydrogens (tertiary/aromatic N) is 3. The van der Waals surface area contributed by atoms with Gasteiger partial charge in [-0.25, -0.2) is 0 Å². The highest BCUT2D eigenvalue weighted by atomic mass is 19.4. The second-order valence-electron chi connectivity index (χ2n) is 7.96. The first-order valence-electron chi connectivity index (χ1n) is 9.66. The van der Waals surface area contributed by atoms with Crippen molar-refractivity contribution >= 4 is 11.8 Å². The molecule has 0 bridgehead atoms. The van der Waals surface area contributed by atoms with E-state index in [1.54, 1.807) is 0 Å². The second kappa shape index (κ2) is 9.23. The summed E-state index contributed by atoms with van der Waals surface area (Å²) in [6.45, 7) is 8.70. The summed E-state index contributed by atoms with van der Waals surface area (Å²) in [5.74, 6) is -1.87. The number of piperazine rings is 1. The van der Waals surface area contributed by atoms with Gasteiger partial charge in [-0.1, -0.05) is 13.8 Å². The molecular formula is C18H31F3N4O2. The molecule has 2 aliphatic heterocycles. The van der Waals surface area contributed by atoms with Crippen molar-refractivity contribution in [2.75, 3.05) is 52.9 Å². The fourth-order valence-electron chi connectivity index (χ4n) is 3.81. The molecule has 0 aromatic rings. The Morgan fingerprint density at radius 2 is 1.59 bits per heavy atom. The van der Waals surface area contributed by atoms with E-state index in [2.05, 4.69) is 36.0 Å². The fraction of sp³-hybridized carbons (Fsp3) is 0.889. The van der Waals surface area contributed by atoms with Crippen LogP contribution in [0.15, 0.2) is 0 Å². The van der Waals surface area contributed by atoms with Crippen LogP contribution in [-0.4, -0.2) is 91.6 Å². The van der Waals surface area contributed by atoms with Gasteiger partial charge in [0.1, 0.15) is 0 Å². The van der Waals surface area contributed by atoms with E-state index in [0.29, 0.717) is 12.5 Å². The van der Waals surface area contributed by atoms with Gasteiger partial charge in [-0.3, -0.25) is 14.5 Å². The van der Waals surface area contributed by atoms with Crippen LogP contribution in [-0.2, 0) is 9.59 Å². The number of carbonyl (C=O) groups excluding carboxylic acids is 2. The molecule has 27 heavy (non-hydrogen) atoms. The van der Waals surface area contributed by atoms with Crippen LogP contribution in [0.1, 0.15) is 26.7 Å². The lowest BCUT2D eigenvalue weighted by atomic mass is 9.95. The number of hydrogen-bond donors (Lipinski definition) is 1. The summed E-state index contributed by atoms with van der Waals surface area (Å²) in [4.78, 5) is 29.2. The molecule has 0 aromatic heterocycles. The number of alkyl halides is 3. The van der Waals surface area contributed by atoms with Crippen molar-refractivity contribution in [2.45, 2.75) is 38.9 Å². The first-order valence-corrected chi connectivity index (χ1v) is 9.66. The van der Waals surface area contributed by atoms with E-state index in [1.165, 1.54) is 0 Å². The molecule has 1 N–H and O–H groups in total. The summed E-state index contributed by atoms with van der Waals surface area (Å²) < 4.78 is 37.5. The van der Waals surface area contributed by atoms with Gasteiger partial charge in [-0.2, -0.15) is 13.2 Å². The van der Waals surface area contributed by atoms with Crippen molar-refractivity contribution in [1.82, 2.24) is 20.0 Å². The number of nitrogens with one attached hydrogen (secondary N) is 1. The monoisotopic (exact) mass is 392 g/mol. The average Bonchev–Trinajstić information content (AvgIpc) is 2.61. The Morgan fingerprint density at radius 3 is 2.07 bits per heavy atom.